The van der Waals surface area contributed by atoms with E-state index in [1.807, 2.05) is 7.05 Å². The number of aryl methyl sites for hydroxylation is 1. The molecule has 7 rings (SSSR count). The third kappa shape index (κ3) is 6.31. The Hall–Kier alpha value is -5.86. The maximum atomic E-state index is 13.2. The van der Waals surface area contributed by atoms with Crippen LogP contribution in [0.4, 0.5) is 9.59 Å². The van der Waals surface area contributed by atoms with Crippen LogP contribution in [0.3, 0.4) is 0 Å². The fourth-order valence-corrected chi connectivity index (χ4v) is 7.57. The molecule has 272 valence electrons. The molecule has 3 aromatic heterocycles. The van der Waals surface area contributed by atoms with Crippen LogP contribution in [0, 0.1) is 0 Å². The van der Waals surface area contributed by atoms with Crippen LogP contribution in [0.1, 0.15) is 63.3 Å². The second-order valence-corrected chi connectivity index (χ2v) is 13.5. The number of carbonyl (C=O) groups excluding carboxylic acids is 4. The maximum absolute atomic E-state index is 13.2. The molecule has 1 unspecified atom stereocenters. The van der Waals surface area contributed by atoms with Gasteiger partial charge in [0.25, 0.3) is 0 Å². The molecule has 0 spiro atoms. The largest absolute Gasteiger partial charge is 0.453 e. The predicted molar refractivity (Wildman–Crippen MR) is 193 cm³/mol. The Bertz CT molecular complexity index is 2020. The van der Waals surface area contributed by atoms with Gasteiger partial charge in [-0.15, -0.1) is 0 Å². The van der Waals surface area contributed by atoms with Gasteiger partial charge in [0.15, 0.2) is 0 Å². The van der Waals surface area contributed by atoms with Crippen molar-refractivity contribution in [2.45, 2.75) is 63.7 Å². The fraction of sp³-hybridized carbons (Fsp3) is 0.405. The van der Waals surface area contributed by atoms with Gasteiger partial charge in [-0.3, -0.25) is 9.59 Å². The summed E-state index contributed by atoms with van der Waals surface area (Å²) in [5, 5.41) is 7.37. The summed E-state index contributed by atoms with van der Waals surface area (Å²) >= 11 is 0. The van der Waals surface area contributed by atoms with E-state index in [9.17, 15) is 19.2 Å². The number of benzene rings is 2. The second-order valence-electron chi connectivity index (χ2n) is 13.5. The van der Waals surface area contributed by atoms with E-state index >= 15 is 0 Å². The number of alkyl carbamates (subject to hydrolysis) is 2. The number of nitrogens with one attached hydrogen (secondary N) is 4. The molecule has 5 heterocycles. The number of imidazole rings is 2. The number of likely N-dealkylation sites (tertiary alicyclic amines) is 2. The van der Waals surface area contributed by atoms with E-state index in [4.69, 9.17) is 0 Å². The number of aromatic nitrogens is 5. The van der Waals surface area contributed by atoms with Gasteiger partial charge in [-0.05, 0) is 51.7 Å². The number of amides is 4. The van der Waals surface area contributed by atoms with Crippen LogP contribution in [-0.2, 0) is 26.1 Å². The van der Waals surface area contributed by atoms with Crippen molar-refractivity contribution < 1.29 is 28.7 Å². The summed E-state index contributed by atoms with van der Waals surface area (Å²) in [4.78, 5) is 69.5. The van der Waals surface area contributed by atoms with Crippen LogP contribution < -0.4 is 10.6 Å². The van der Waals surface area contributed by atoms with Crippen LogP contribution in [0.15, 0.2) is 48.8 Å². The molecule has 0 saturated carbocycles. The average Bonchev–Trinajstić information content (AvgIpc) is 4.00. The first-order valence-corrected chi connectivity index (χ1v) is 17.5. The number of carbonyl (C=O) groups is 4. The summed E-state index contributed by atoms with van der Waals surface area (Å²) in [5.74, 6) is 1.07. The summed E-state index contributed by atoms with van der Waals surface area (Å²) in [5.41, 5.74) is 5.76. The normalized spacial score (nSPS) is 18.5. The number of nitrogens with zero attached hydrogens (tertiary/aromatic N) is 5. The van der Waals surface area contributed by atoms with Gasteiger partial charge in [0.1, 0.15) is 23.7 Å². The number of rotatable bonds is 8. The number of hydrogen-bond donors (Lipinski definition) is 4. The van der Waals surface area contributed by atoms with Gasteiger partial charge in [-0.25, -0.2) is 19.6 Å². The summed E-state index contributed by atoms with van der Waals surface area (Å²) in [7, 11) is 4.59. The predicted octanol–water partition coefficient (Wildman–Crippen LogP) is 4.93. The number of hydrogen-bond acceptors (Lipinski definition) is 8. The zero-order valence-corrected chi connectivity index (χ0v) is 29.9. The van der Waals surface area contributed by atoms with E-state index in [0.29, 0.717) is 24.7 Å². The lowest BCUT2D eigenvalue weighted by Gasteiger charge is -2.26. The number of fused-ring (bicyclic) bond motifs is 3. The lowest BCUT2D eigenvalue weighted by atomic mass is 10.1. The van der Waals surface area contributed by atoms with Crippen molar-refractivity contribution in [3.05, 3.63) is 60.4 Å². The van der Waals surface area contributed by atoms with Crippen LogP contribution in [0.5, 0.6) is 0 Å². The Morgan fingerprint density at radius 3 is 1.56 bits per heavy atom. The molecule has 15 heteroatoms. The van der Waals surface area contributed by atoms with Crippen molar-refractivity contribution in [2.24, 2.45) is 7.05 Å². The third-order valence-electron chi connectivity index (χ3n) is 10.3. The number of H-pyrrole nitrogens is 2. The van der Waals surface area contributed by atoms with Gasteiger partial charge in [-0.1, -0.05) is 24.3 Å². The molecule has 4 atom stereocenters. The molecular weight excluding hydrogens is 666 g/mol. The maximum Gasteiger partial charge on any atom is 0.407 e. The van der Waals surface area contributed by atoms with Gasteiger partial charge < -0.3 is 44.4 Å². The molecule has 2 fully saturated rings. The van der Waals surface area contributed by atoms with E-state index in [-0.39, 0.29) is 23.9 Å². The average molecular weight is 710 g/mol. The number of aromatic amines is 2. The molecule has 5 aromatic rings. The van der Waals surface area contributed by atoms with E-state index < -0.39 is 24.3 Å². The van der Waals surface area contributed by atoms with Crippen molar-refractivity contribution in [3.8, 4) is 22.5 Å². The Labute approximate surface area is 300 Å². The highest BCUT2D eigenvalue weighted by Gasteiger charge is 2.36. The number of methoxy groups -OCH3 is 2. The minimum atomic E-state index is -0.715. The quantitative estimate of drug-likeness (QED) is 0.175. The fourth-order valence-electron chi connectivity index (χ4n) is 7.57. The minimum absolute atomic E-state index is 0.177. The summed E-state index contributed by atoms with van der Waals surface area (Å²) < 4.78 is 11.5. The van der Waals surface area contributed by atoms with Gasteiger partial charge in [0.2, 0.25) is 11.8 Å². The molecule has 2 aliphatic heterocycles. The summed E-state index contributed by atoms with van der Waals surface area (Å²) in [6.45, 7) is 4.48. The Kier molecular flexibility index (Phi) is 9.34. The molecule has 2 saturated heterocycles. The SMILES string of the molecule is COC(=O)N[C@@H](C)C(=O)N1CCCC1c1ncc(-c2ccc3c4ccc(-c5cnc([C@@H]6CCCN6C(=O)[C@H](C)NC(=O)OC)[nH]5)cc4n(C)c3c2)[nH]1. The van der Waals surface area contributed by atoms with Crippen LogP contribution in [-0.4, -0.2) is 97.7 Å². The highest BCUT2D eigenvalue weighted by Crippen LogP contribution is 2.37. The van der Waals surface area contributed by atoms with Crippen LogP contribution in [0.2, 0.25) is 0 Å². The van der Waals surface area contributed by atoms with Crippen molar-refractivity contribution in [2.75, 3.05) is 27.3 Å². The van der Waals surface area contributed by atoms with Gasteiger partial charge in [0.05, 0.1) is 50.1 Å². The van der Waals surface area contributed by atoms with E-state index in [1.165, 1.54) is 14.2 Å². The second kappa shape index (κ2) is 14.0. The zero-order chi connectivity index (χ0) is 36.7. The first kappa shape index (κ1) is 34.6. The molecule has 15 nitrogen and oxygen atoms in total. The van der Waals surface area contributed by atoms with Gasteiger partial charge in [0, 0.05) is 53.1 Å². The highest BCUT2D eigenvalue weighted by atomic mass is 16.5. The monoisotopic (exact) mass is 709 g/mol. The lowest BCUT2D eigenvalue weighted by molar-refractivity contribution is -0.134. The summed E-state index contributed by atoms with van der Waals surface area (Å²) in [6.07, 6.45) is 5.56. The molecule has 0 bridgehead atoms. The molecule has 2 aliphatic rings. The van der Waals surface area contributed by atoms with E-state index in [2.05, 4.69) is 81.0 Å². The molecule has 2 aromatic carbocycles. The summed E-state index contributed by atoms with van der Waals surface area (Å²) in [6, 6.07) is 10.8. The highest BCUT2D eigenvalue weighted by molar-refractivity contribution is 6.09. The standard InChI is InChI=1S/C37H43N9O6/c1-20(40-36(49)51-4)34(47)45-14-6-8-28(45)32-38-18-26(42-32)22-10-12-24-25-13-11-23(17-31(25)44(3)30(24)16-22)27-19-39-33(43-27)29-9-7-15-46(29)35(48)21(2)41-37(50)52-5/h10-13,16-21,28-29H,6-9,14-15H2,1-5H3,(H,38,42)(H,39,43)(H,40,49)(H,41,50)/t20-,21-,28-,29?/m0/s1. The first-order valence-electron chi connectivity index (χ1n) is 17.5. The molecule has 4 N–H and O–H groups in total. The topological polar surface area (TPSA) is 180 Å². The van der Waals surface area contributed by atoms with Crippen molar-refractivity contribution in [3.63, 3.8) is 0 Å². The van der Waals surface area contributed by atoms with Crippen molar-refractivity contribution in [1.29, 1.82) is 0 Å². The minimum Gasteiger partial charge on any atom is -0.453 e. The van der Waals surface area contributed by atoms with Gasteiger partial charge in [-0.2, -0.15) is 0 Å². The zero-order valence-electron chi connectivity index (χ0n) is 29.9. The van der Waals surface area contributed by atoms with Crippen LogP contribution in [0.25, 0.3) is 44.3 Å². The van der Waals surface area contributed by atoms with Crippen molar-refractivity contribution in [1.82, 2.24) is 44.9 Å². The Balaban J connectivity index is 1.11. The molecule has 0 radical (unpaired) electrons. The molecule has 0 aliphatic carbocycles. The Morgan fingerprint density at radius 2 is 1.15 bits per heavy atom. The van der Waals surface area contributed by atoms with Crippen LogP contribution >= 0.6 is 0 Å². The molecule has 4 amide bonds. The Morgan fingerprint density at radius 1 is 0.731 bits per heavy atom. The lowest BCUT2D eigenvalue weighted by Crippen LogP contribution is -2.46. The smallest absolute Gasteiger partial charge is 0.407 e. The number of ether oxygens (including phenoxy) is 2. The third-order valence-corrected chi connectivity index (χ3v) is 10.3. The van der Waals surface area contributed by atoms with Crippen molar-refractivity contribution >= 4 is 45.8 Å². The van der Waals surface area contributed by atoms with Gasteiger partial charge >= 0.3 is 12.2 Å². The first-order chi connectivity index (χ1) is 25.1. The molecular formula is C37H43N9O6. The van der Waals surface area contributed by atoms with E-state index in [1.54, 1.807) is 36.0 Å². The van der Waals surface area contributed by atoms with E-state index in [0.717, 1.165) is 70.0 Å². The molecule has 52 heavy (non-hydrogen) atoms.